The van der Waals surface area contributed by atoms with Crippen LogP contribution in [-0.2, 0) is 9.53 Å². The van der Waals surface area contributed by atoms with Gasteiger partial charge in [0.25, 0.3) is 0 Å². The molecule has 0 bridgehead atoms. The van der Waals surface area contributed by atoms with Gasteiger partial charge in [0.1, 0.15) is 6.04 Å². The van der Waals surface area contributed by atoms with Gasteiger partial charge in [-0.05, 0) is 24.1 Å². The fourth-order valence-corrected chi connectivity index (χ4v) is 2.07. The van der Waals surface area contributed by atoms with Crippen LogP contribution in [0, 0.1) is 0 Å². The third kappa shape index (κ3) is 4.90. The summed E-state index contributed by atoms with van der Waals surface area (Å²) >= 11 is 3.41. The molecule has 1 rings (SSSR count). The number of nitrogens with one attached hydrogen (secondary N) is 1. The maximum absolute atomic E-state index is 12.0. The van der Waals surface area contributed by atoms with Crippen molar-refractivity contribution in [2.75, 3.05) is 19.7 Å². The van der Waals surface area contributed by atoms with E-state index in [-0.39, 0.29) is 12.5 Å². The van der Waals surface area contributed by atoms with Crippen LogP contribution < -0.4 is 5.32 Å². The Morgan fingerprint density at radius 1 is 1.58 bits per heavy atom. The Bertz CT molecular complexity index is 475. The number of ether oxygens (including phenoxy) is 1. The number of esters is 1. The van der Waals surface area contributed by atoms with Crippen LogP contribution in [0.3, 0.4) is 0 Å². The van der Waals surface area contributed by atoms with Crippen LogP contribution >= 0.6 is 15.9 Å². The molecule has 0 aliphatic heterocycles. The number of hydrogen-bond donors (Lipinski definition) is 1. The van der Waals surface area contributed by atoms with E-state index in [0.717, 1.165) is 10.0 Å². The zero-order valence-electron chi connectivity index (χ0n) is 10.5. The molecule has 102 valence electrons. The second-order valence-corrected chi connectivity index (χ2v) is 4.47. The highest BCUT2D eigenvalue weighted by Gasteiger charge is 2.22. The monoisotopic (exact) mass is 326 g/mol. The Hall–Kier alpha value is -1.56. The lowest BCUT2D eigenvalue weighted by atomic mass is 10.1. The third-order valence-corrected chi connectivity index (χ3v) is 3.08. The molecule has 19 heavy (non-hydrogen) atoms. The normalized spacial score (nSPS) is 11.5. The summed E-state index contributed by atoms with van der Waals surface area (Å²) in [5, 5.41) is 6.45. The molecule has 0 heterocycles. The fraction of sp³-hybridized carbons (Fsp3) is 0.417. The van der Waals surface area contributed by atoms with Crippen molar-refractivity contribution in [2.45, 2.75) is 13.0 Å². The second kappa shape index (κ2) is 8.53. The number of carbonyl (C=O) groups is 1. The summed E-state index contributed by atoms with van der Waals surface area (Å²) in [6.07, 6.45) is 0. The van der Waals surface area contributed by atoms with Gasteiger partial charge in [0, 0.05) is 22.5 Å². The van der Waals surface area contributed by atoms with Gasteiger partial charge in [-0.3, -0.25) is 0 Å². The lowest BCUT2D eigenvalue weighted by molar-refractivity contribution is -0.145. The fourth-order valence-electron chi connectivity index (χ4n) is 1.56. The quantitative estimate of drug-likeness (QED) is 0.275. The van der Waals surface area contributed by atoms with Crippen molar-refractivity contribution in [3.63, 3.8) is 0 Å². The number of nitrogens with zero attached hydrogens (tertiary/aromatic N) is 3. The van der Waals surface area contributed by atoms with Gasteiger partial charge in [-0.2, -0.15) is 0 Å². The lowest BCUT2D eigenvalue weighted by Crippen LogP contribution is -2.32. The molecule has 0 fully saturated rings. The minimum Gasteiger partial charge on any atom is -0.465 e. The number of rotatable bonds is 7. The Kier molecular flexibility index (Phi) is 6.95. The van der Waals surface area contributed by atoms with Gasteiger partial charge in [0.15, 0.2) is 0 Å². The summed E-state index contributed by atoms with van der Waals surface area (Å²) in [7, 11) is 0. The zero-order valence-corrected chi connectivity index (χ0v) is 12.1. The molecular formula is C12H15BrN4O2. The highest BCUT2D eigenvalue weighted by atomic mass is 79.9. The molecular weight excluding hydrogens is 312 g/mol. The largest absolute Gasteiger partial charge is 0.465 e. The molecule has 0 saturated heterocycles. The molecule has 1 unspecified atom stereocenters. The molecule has 0 amide bonds. The molecule has 1 N–H and O–H groups in total. The molecule has 7 heteroatoms. The van der Waals surface area contributed by atoms with Crippen molar-refractivity contribution in [1.29, 1.82) is 0 Å². The Morgan fingerprint density at radius 3 is 2.95 bits per heavy atom. The standard InChI is InChI=1S/C12H15BrN4O2/c1-2-19-12(18)11(15-7-8-16-17-14)9-5-3-4-6-10(9)13/h3-6,11,15H,2,7-8H2,1H3. The minimum absolute atomic E-state index is 0.275. The molecule has 1 aromatic rings. The van der Waals surface area contributed by atoms with Crippen molar-refractivity contribution in [3.05, 3.63) is 44.7 Å². The average molecular weight is 327 g/mol. The van der Waals surface area contributed by atoms with E-state index in [2.05, 4.69) is 31.3 Å². The van der Waals surface area contributed by atoms with E-state index < -0.39 is 6.04 Å². The summed E-state index contributed by atoms with van der Waals surface area (Å²) in [5.41, 5.74) is 9.01. The van der Waals surface area contributed by atoms with E-state index in [0.29, 0.717) is 13.2 Å². The Morgan fingerprint density at radius 2 is 2.32 bits per heavy atom. The predicted molar refractivity (Wildman–Crippen MR) is 75.5 cm³/mol. The maximum atomic E-state index is 12.0. The zero-order chi connectivity index (χ0) is 14.1. The molecule has 0 saturated carbocycles. The van der Waals surface area contributed by atoms with Crippen LogP contribution in [0.25, 0.3) is 10.4 Å². The summed E-state index contributed by atoms with van der Waals surface area (Å²) in [5.74, 6) is -0.352. The molecule has 0 radical (unpaired) electrons. The Balaban J connectivity index is 2.83. The van der Waals surface area contributed by atoms with Gasteiger partial charge in [0.2, 0.25) is 0 Å². The molecule has 0 aliphatic carbocycles. The molecule has 0 aromatic heterocycles. The van der Waals surface area contributed by atoms with Gasteiger partial charge in [0.05, 0.1) is 6.61 Å². The van der Waals surface area contributed by atoms with Crippen LogP contribution in [0.4, 0.5) is 0 Å². The smallest absolute Gasteiger partial charge is 0.327 e. The Labute approximate surface area is 119 Å². The van der Waals surface area contributed by atoms with Crippen LogP contribution in [0.5, 0.6) is 0 Å². The van der Waals surface area contributed by atoms with Gasteiger partial charge in [-0.15, -0.1) is 0 Å². The van der Waals surface area contributed by atoms with Gasteiger partial charge in [-0.25, -0.2) is 4.79 Å². The lowest BCUT2D eigenvalue weighted by Gasteiger charge is -2.18. The first-order chi connectivity index (χ1) is 9.20. The molecule has 0 spiro atoms. The van der Waals surface area contributed by atoms with Crippen molar-refractivity contribution in [1.82, 2.24) is 5.32 Å². The van der Waals surface area contributed by atoms with Gasteiger partial charge >= 0.3 is 5.97 Å². The van der Waals surface area contributed by atoms with Crippen molar-refractivity contribution in [3.8, 4) is 0 Å². The van der Waals surface area contributed by atoms with E-state index >= 15 is 0 Å². The first-order valence-electron chi connectivity index (χ1n) is 5.86. The first-order valence-corrected chi connectivity index (χ1v) is 6.65. The van der Waals surface area contributed by atoms with E-state index in [4.69, 9.17) is 10.3 Å². The predicted octanol–water partition coefficient (Wildman–Crippen LogP) is 2.95. The summed E-state index contributed by atoms with van der Waals surface area (Å²) in [4.78, 5) is 14.6. The van der Waals surface area contributed by atoms with Gasteiger partial charge in [-0.1, -0.05) is 39.2 Å². The topological polar surface area (TPSA) is 87.1 Å². The number of carbonyl (C=O) groups excluding carboxylic acids is 1. The molecule has 6 nitrogen and oxygen atoms in total. The third-order valence-electron chi connectivity index (χ3n) is 2.36. The van der Waals surface area contributed by atoms with E-state index in [9.17, 15) is 4.79 Å². The van der Waals surface area contributed by atoms with Crippen LogP contribution in [-0.4, -0.2) is 25.7 Å². The molecule has 0 aliphatic rings. The van der Waals surface area contributed by atoms with Gasteiger partial charge < -0.3 is 10.1 Å². The van der Waals surface area contributed by atoms with E-state index in [1.54, 1.807) is 6.92 Å². The second-order valence-electron chi connectivity index (χ2n) is 3.62. The number of hydrogen-bond acceptors (Lipinski definition) is 4. The summed E-state index contributed by atoms with van der Waals surface area (Å²) < 4.78 is 5.87. The average Bonchev–Trinajstić information content (AvgIpc) is 2.40. The van der Waals surface area contributed by atoms with Crippen LogP contribution in [0.1, 0.15) is 18.5 Å². The van der Waals surface area contributed by atoms with E-state index in [1.807, 2.05) is 24.3 Å². The number of azide groups is 1. The number of halogens is 1. The molecule has 1 atom stereocenters. The van der Waals surface area contributed by atoms with Crippen molar-refractivity contribution < 1.29 is 9.53 Å². The summed E-state index contributed by atoms with van der Waals surface area (Å²) in [6.45, 7) is 2.75. The summed E-state index contributed by atoms with van der Waals surface area (Å²) in [6, 6.07) is 6.84. The van der Waals surface area contributed by atoms with Crippen LogP contribution in [0.2, 0.25) is 0 Å². The van der Waals surface area contributed by atoms with Crippen molar-refractivity contribution >= 4 is 21.9 Å². The van der Waals surface area contributed by atoms with Crippen LogP contribution in [0.15, 0.2) is 33.9 Å². The number of benzene rings is 1. The minimum atomic E-state index is -0.579. The first kappa shape index (κ1) is 15.5. The SMILES string of the molecule is CCOC(=O)C(NCCN=[N+]=[N-])c1ccccc1Br. The highest BCUT2D eigenvalue weighted by molar-refractivity contribution is 9.10. The molecule has 1 aromatic carbocycles. The van der Waals surface area contributed by atoms with E-state index in [1.165, 1.54) is 0 Å². The highest BCUT2D eigenvalue weighted by Crippen LogP contribution is 2.24. The maximum Gasteiger partial charge on any atom is 0.327 e. The van der Waals surface area contributed by atoms with Crippen molar-refractivity contribution in [2.24, 2.45) is 5.11 Å².